The molecule has 0 aromatic carbocycles. The van der Waals surface area contributed by atoms with Gasteiger partial charge in [-0.25, -0.2) is 9.67 Å². The summed E-state index contributed by atoms with van der Waals surface area (Å²) in [6.07, 6.45) is 3.18. The minimum Gasteiger partial charge on any atom is -0.375 e. The van der Waals surface area contributed by atoms with E-state index in [1.165, 1.54) is 15.6 Å². The lowest BCUT2D eigenvalue weighted by atomic mass is 9.92. The molecule has 4 heterocycles. The summed E-state index contributed by atoms with van der Waals surface area (Å²) < 4.78 is 7.20. The maximum Gasteiger partial charge on any atom is 0.266 e. The van der Waals surface area contributed by atoms with Crippen molar-refractivity contribution < 1.29 is 4.74 Å². The maximum atomic E-state index is 12.3. The van der Waals surface area contributed by atoms with Gasteiger partial charge in [0.05, 0.1) is 42.6 Å². The first-order chi connectivity index (χ1) is 12.9. The number of rotatable bonds is 4. The van der Waals surface area contributed by atoms with Gasteiger partial charge in [0.2, 0.25) is 0 Å². The van der Waals surface area contributed by atoms with E-state index >= 15 is 0 Å². The molecule has 0 aliphatic carbocycles. The van der Waals surface area contributed by atoms with E-state index in [0.717, 1.165) is 44.7 Å². The summed E-state index contributed by atoms with van der Waals surface area (Å²) in [5.41, 5.74) is 2.09. The number of hydrogen-bond donors (Lipinski definition) is 0. The van der Waals surface area contributed by atoms with Gasteiger partial charge in [-0.3, -0.25) is 9.69 Å². The summed E-state index contributed by atoms with van der Waals surface area (Å²) in [6, 6.07) is 3.84. The van der Waals surface area contributed by atoms with Gasteiger partial charge in [0.1, 0.15) is 5.01 Å². The number of likely N-dealkylation sites (tertiary alicyclic amines) is 1. The summed E-state index contributed by atoms with van der Waals surface area (Å²) in [5.74, 6) is 0. The van der Waals surface area contributed by atoms with Crippen LogP contribution >= 0.6 is 11.3 Å². The lowest BCUT2D eigenvalue weighted by Gasteiger charge is -2.25. The van der Waals surface area contributed by atoms with Crippen LogP contribution in [0, 0.1) is 0 Å². The fourth-order valence-corrected chi connectivity index (χ4v) is 4.89. The van der Waals surface area contributed by atoms with Gasteiger partial charge in [-0.15, -0.1) is 11.3 Å². The fourth-order valence-electron chi connectivity index (χ4n) is 3.81. The number of hydrogen-bond acceptors (Lipinski definition) is 6. The van der Waals surface area contributed by atoms with Gasteiger partial charge in [-0.05, 0) is 25.5 Å². The molecular weight excluding hydrogens is 360 g/mol. The van der Waals surface area contributed by atoms with Gasteiger partial charge in [-0.1, -0.05) is 20.8 Å². The Balaban J connectivity index is 1.49. The average molecular weight is 389 g/mol. The topological polar surface area (TPSA) is 60.2 Å². The molecule has 1 atom stereocenters. The Morgan fingerprint density at radius 1 is 1.33 bits per heavy atom. The van der Waals surface area contributed by atoms with Crippen LogP contribution in [0.15, 0.2) is 16.9 Å². The third-order valence-corrected chi connectivity index (χ3v) is 6.45. The second kappa shape index (κ2) is 7.45. The highest BCUT2D eigenvalue weighted by Gasteiger charge is 2.28. The number of nitrogens with zero attached hydrogens (tertiary/aromatic N) is 4. The van der Waals surface area contributed by atoms with E-state index < -0.39 is 0 Å². The molecule has 0 radical (unpaired) electrons. The highest BCUT2D eigenvalue weighted by Crippen LogP contribution is 2.27. The van der Waals surface area contributed by atoms with Crippen LogP contribution in [0.3, 0.4) is 0 Å². The minimum atomic E-state index is -0.0627. The predicted octanol–water partition coefficient (Wildman–Crippen LogP) is 2.73. The van der Waals surface area contributed by atoms with Crippen LogP contribution in [0.2, 0.25) is 0 Å². The van der Waals surface area contributed by atoms with Gasteiger partial charge in [-0.2, -0.15) is 5.10 Å². The summed E-state index contributed by atoms with van der Waals surface area (Å²) in [7, 11) is 0. The van der Waals surface area contributed by atoms with Gasteiger partial charge in [0, 0.05) is 23.9 Å². The van der Waals surface area contributed by atoms with E-state index in [1.807, 2.05) is 6.07 Å². The van der Waals surface area contributed by atoms with E-state index in [-0.39, 0.29) is 11.0 Å². The van der Waals surface area contributed by atoms with Crippen LogP contribution in [0.4, 0.5) is 0 Å². The molecule has 1 saturated heterocycles. The van der Waals surface area contributed by atoms with Crippen LogP contribution in [-0.4, -0.2) is 38.9 Å². The van der Waals surface area contributed by atoms with Gasteiger partial charge in [0.25, 0.3) is 5.56 Å². The van der Waals surface area contributed by atoms with Crippen molar-refractivity contribution in [3.63, 3.8) is 0 Å². The lowest BCUT2D eigenvalue weighted by molar-refractivity contribution is 0.112. The third kappa shape index (κ3) is 4.15. The molecule has 0 amide bonds. The van der Waals surface area contributed by atoms with Crippen molar-refractivity contribution >= 4 is 11.3 Å². The van der Waals surface area contributed by atoms with Crippen LogP contribution in [-0.2, 0) is 36.3 Å². The molecule has 2 aliphatic rings. The number of aromatic nitrogens is 3. The summed E-state index contributed by atoms with van der Waals surface area (Å²) in [5, 5.41) is 5.82. The van der Waals surface area contributed by atoms with Crippen LogP contribution in [0.25, 0.3) is 0 Å². The van der Waals surface area contributed by atoms with E-state index in [9.17, 15) is 4.79 Å². The molecule has 0 spiro atoms. The van der Waals surface area contributed by atoms with Crippen molar-refractivity contribution in [3.8, 4) is 0 Å². The zero-order valence-electron chi connectivity index (χ0n) is 16.4. The molecule has 146 valence electrons. The average Bonchev–Trinajstić information content (AvgIpc) is 3.22. The Hall–Kier alpha value is -1.57. The Labute approximate surface area is 164 Å². The third-order valence-electron chi connectivity index (χ3n) is 5.40. The molecule has 2 aliphatic heterocycles. The normalized spacial score (nSPS) is 20.8. The van der Waals surface area contributed by atoms with E-state index in [2.05, 4.69) is 30.8 Å². The van der Waals surface area contributed by atoms with E-state index in [1.54, 1.807) is 22.1 Å². The van der Waals surface area contributed by atoms with E-state index in [4.69, 9.17) is 9.72 Å². The van der Waals surface area contributed by atoms with Crippen molar-refractivity contribution in [1.82, 2.24) is 19.7 Å². The second-order valence-corrected chi connectivity index (χ2v) is 9.70. The van der Waals surface area contributed by atoms with Crippen molar-refractivity contribution in [2.24, 2.45) is 0 Å². The minimum absolute atomic E-state index is 0.0169. The van der Waals surface area contributed by atoms with Crippen molar-refractivity contribution in [1.29, 1.82) is 0 Å². The zero-order chi connectivity index (χ0) is 19.0. The first kappa shape index (κ1) is 18.8. The molecule has 27 heavy (non-hydrogen) atoms. The molecule has 0 N–H and O–H groups in total. The van der Waals surface area contributed by atoms with Gasteiger partial charge >= 0.3 is 0 Å². The monoisotopic (exact) mass is 388 g/mol. The lowest BCUT2D eigenvalue weighted by Crippen LogP contribution is -2.37. The molecular formula is C20H28N4O2S. The molecule has 0 bridgehead atoms. The largest absolute Gasteiger partial charge is 0.375 e. The highest BCUT2D eigenvalue weighted by molar-refractivity contribution is 7.11. The number of fused-ring (bicyclic) bond motifs is 1. The summed E-state index contributed by atoms with van der Waals surface area (Å²) in [6.45, 7) is 10.4. The Morgan fingerprint density at radius 3 is 2.96 bits per heavy atom. The first-order valence-electron chi connectivity index (χ1n) is 9.78. The number of thiazole rings is 1. The second-order valence-electron chi connectivity index (χ2n) is 8.54. The standard InChI is InChI=1S/C20H28N4O2S/c1-20(2,3)17-6-7-19(25)24(22-17)11-14-5-4-9-23(14)12-18-21-15-8-10-26-13-16(15)27-18/h6-7,14H,4-5,8-13H2,1-3H3. The van der Waals surface area contributed by atoms with Crippen LogP contribution in [0.1, 0.15) is 54.9 Å². The van der Waals surface area contributed by atoms with Crippen molar-refractivity contribution in [3.05, 3.63) is 43.8 Å². The predicted molar refractivity (Wildman–Crippen MR) is 106 cm³/mol. The SMILES string of the molecule is CC(C)(C)c1ccc(=O)n(CC2CCCN2Cc2nc3c(s2)COCC3)n1. The summed E-state index contributed by atoms with van der Waals surface area (Å²) in [4.78, 5) is 20.9. The molecule has 1 unspecified atom stereocenters. The molecule has 1 fully saturated rings. The zero-order valence-corrected chi connectivity index (χ0v) is 17.2. The first-order valence-corrected chi connectivity index (χ1v) is 10.6. The van der Waals surface area contributed by atoms with Crippen molar-refractivity contribution in [2.75, 3.05) is 13.2 Å². The molecule has 2 aromatic rings. The van der Waals surface area contributed by atoms with Gasteiger partial charge < -0.3 is 4.74 Å². The Bertz CT molecular complexity index is 844. The van der Waals surface area contributed by atoms with Crippen LogP contribution < -0.4 is 5.56 Å². The van der Waals surface area contributed by atoms with Crippen molar-refractivity contribution in [2.45, 2.75) is 71.2 Å². The van der Waals surface area contributed by atoms with E-state index in [0.29, 0.717) is 19.2 Å². The smallest absolute Gasteiger partial charge is 0.266 e. The molecule has 6 nitrogen and oxygen atoms in total. The number of ether oxygens (including phenoxy) is 1. The van der Waals surface area contributed by atoms with Gasteiger partial charge in [0.15, 0.2) is 0 Å². The molecule has 7 heteroatoms. The summed E-state index contributed by atoms with van der Waals surface area (Å²) >= 11 is 1.78. The highest BCUT2D eigenvalue weighted by atomic mass is 32.1. The Morgan fingerprint density at radius 2 is 2.19 bits per heavy atom. The quantitative estimate of drug-likeness (QED) is 0.806. The maximum absolute atomic E-state index is 12.3. The molecule has 4 rings (SSSR count). The Kier molecular flexibility index (Phi) is 5.18. The molecule has 2 aromatic heterocycles. The molecule has 0 saturated carbocycles. The van der Waals surface area contributed by atoms with Crippen LogP contribution in [0.5, 0.6) is 0 Å². The fraction of sp³-hybridized carbons (Fsp3) is 0.650.